The zero-order valence-corrected chi connectivity index (χ0v) is 13.2. The fourth-order valence-corrected chi connectivity index (χ4v) is 4.64. The molecule has 1 aliphatic rings. The molecule has 0 spiro atoms. The van der Waals surface area contributed by atoms with Crippen molar-refractivity contribution >= 4 is 44.3 Å². The molecule has 0 saturated carbocycles. The summed E-state index contributed by atoms with van der Waals surface area (Å²) in [6, 6.07) is 0. The molecule has 2 aromatic rings. The molecule has 0 amide bonds. The van der Waals surface area contributed by atoms with Crippen LogP contribution in [0.25, 0.3) is 4.91 Å². The van der Waals surface area contributed by atoms with Gasteiger partial charge in [-0.1, -0.05) is 32.0 Å². The molecule has 0 fully saturated rings. The van der Waals surface area contributed by atoms with E-state index in [4.69, 9.17) is 0 Å². The molecule has 1 aliphatic heterocycles. The van der Waals surface area contributed by atoms with Gasteiger partial charge in [0.1, 0.15) is 5.00 Å². The van der Waals surface area contributed by atoms with Gasteiger partial charge in [-0.25, -0.2) is 0 Å². The maximum absolute atomic E-state index is 4.18. The minimum Gasteiger partial charge on any atom is -0.316 e. The van der Waals surface area contributed by atoms with Crippen molar-refractivity contribution in [2.75, 3.05) is 4.90 Å². The van der Waals surface area contributed by atoms with E-state index < -0.39 is 0 Å². The number of thiazole rings is 2. The summed E-state index contributed by atoms with van der Waals surface area (Å²) < 4.78 is 0. The third-order valence-corrected chi connectivity index (χ3v) is 6.31. The van der Waals surface area contributed by atoms with Crippen molar-refractivity contribution in [3.63, 3.8) is 0 Å². The monoisotopic (exact) mass is 308 g/mol. The number of rotatable bonds is 4. The van der Waals surface area contributed by atoms with Gasteiger partial charge in [-0.15, -0.1) is 22.7 Å². The lowest BCUT2D eigenvalue weighted by molar-refractivity contribution is 0.538. The van der Waals surface area contributed by atoms with Gasteiger partial charge in [0.25, 0.3) is 0 Å². The Morgan fingerprint density at radius 3 is 2.74 bits per heavy atom. The molecule has 2 aromatic heterocycles. The van der Waals surface area contributed by atoms with E-state index in [2.05, 4.69) is 34.9 Å². The molecule has 0 aromatic carbocycles. The average molecular weight is 308 g/mol. The van der Waals surface area contributed by atoms with E-state index in [1.165, 1.54) is 9.78 Å². The van der Waals surface area contributed by atoms with Gasteiger partial charge < -0.3 is 4.90 Å². The fourth-order valence-electron chi connectivity index (χ4n) is 1.89. The zero-order valence-electron chi connectivity index (χ0n) is 10.7. The lowest BCUT2D eigenvalue weighted by Gasteiger charge is -2.26. The van der Waals surface area contributed by atoms with E-state index in [1.54, 1.807) is 22.7 Å². The van der Waals surface area contributed by atoms with Gasteiger partial charge in [-0.05, 0) is 5.92 Å². The van der Waals surface area contributed by atoms with Crippen LogP contribution < -0.4 is 4.90 Å². The Kier molecular flexibility index (Phi) is 3.91. The maximum atomic E-state index is 4.18. The lowest BCUT2D eigenvalue weighted by atomic mass is 10.1. The van der Waals surface area contributed by atoms with E-state index in [0.717, 1.165) is 11.4 Å². The van der Waals surface area contributed by atoms with Crippen LogP contribution in [0.4, 0.5) is 5.00 Å². The standard InChI is InChI=1S/C13H14N3S3/c1-3-9(2)13-16(12-5-15-8-18-12)6-11(19-13)10-4-14-7-17-10/h4-5,7-9,13H,3H2,1-2H3. The highest BCUT2D eigenvalue weighted by Gasteiger charge is 2.32. The van der Waals surface area contributed by atoms with E-state index in [-0.39, 0.29) is 0 Å². The van der Waals surface area contributed by atoms with Crippen LogP contribution in [0.5, 0.6) is 0 Å². The minimum absolute atomic E-state index is 0.405. The first-order chi connectivity index (χ1) is 9.29. The molecule has 2 atom stereocenters. The number of hydrogen-bond acceptors (Lipinski definition) is 6. The molecule has 0 bridgehead atoms. The molecule has 3 rings (SSSR count). The molecular weight excluding hydrogens is 294 g/mol. The lowest BCUT2D eigenvalue weighted by Crippen LogP contribution is -2.29. The van der Waals surface area contributed by atoms with Crippen molar-refractivity contribution in [1.29, 1.82) is 0 Å². The molecule has 99 valence electrons. The molecular formula is C13H14N3S3. The highest BCUT2D eigenvalue weighted by Crippen LogP contribution is 2.46. The molecule has 2 unspecified atom stereocenters. The van der Waals surface area contributed by atoms with Crippen LogP contribution in [-0.2, 0) is 0 Å². The summed E-state index contributed by atoms with van der Waals surface area (Å²) in [5, 5.41) is 1.57. The Morgan fingerprint density at radius 1 is 1.32 bits per heavy atom. The Morgan fingerprint density at radius 2 is 2.11 bits per heavy atom. The zero-order chi connectivity index (χ0) is 13.2. The summed E-state index contributed by atoms with van der Waals surface area (Å²) in [5.41, 5.74) is 3.75. The number of nitrogens with zero attached hydrogens (tertiary/aromatic N) is 3. The van der Waals surface area contributed by atoms with Gasteiger partial charge >= 0.3 is 0 Å². The predicted molar refractivity (Wildman–Crippen MR) is 84.2 cm³/mol. The van der Waals surface area contributed by atoms with Crippen LogP contribution in [0.15, 0.2) is 23.4 Å². The minimum atomic E-state index is 0.405. The van der Waals surface area contributed by atoms with Crippen molar-refractivity contribution in [1.82, 2.24) is 9.97 Å². The summed E-state index contributed by atoms with van der Waals surface area (Å²) in [5.74, 6) is 0.602. The molecule has 3 nitrogen and oxygen atoms in total. The van der Waals surface area contributed by atoms with Gasteiger partial charge in [0.05, 0.1) is 38.6 Å². The van der Waals surface area contributed by atoms with Crippen LogP contribution >= 0.6 is 34.4 Å². The summed E-state index contributed by atoms with van der Waals surface area (Å²) in [6.45, 7) is 4.53. The number of aromatic nitrogens is 2. The van der Waals surface area contributed by atoms with Crippen LogP contribution in [0.1, 0.15) is 25.1 Å². The summed E-state index contributed by atoms with van der Waals surface area (Å²) in [7, 11) is 0. The Bertz CT molecular complexity index is 548. The third kappa shape index (κ3) is 2.57. The first-order valence-electron chi connectivity index (χ1n) is 6.16. The molecule has 0 N–H and O–H groups in total. The normalized spacial score (nSPS) is 20.6. The Labute approximate surface area is 125 Å². The van der Waals surface area contributed by atoms with Crippen LogP contribution in [0.2, 0.25) is 0 Å². The molecule has 0 saturated heterocycles. The van der Waals surface area contributed by atoms with Crippen LogP contribution in [-0.4, -0.2) is 15.3 Å². The second-order valence-electron chi connectivity index (χ2n) is 4.41. The van der Waals surface area contributed by atoms with Crippen molar-refractivity contribution < 1.29 is 0 Å². The van der Waals surface area contributed by atoms with E-state index >= 15 is 0 Å². The largest absolute Gasteiger partial charge is 0.316 e. The van der Waals surface area contributed by atoms with E-state index in [1.807, 2.05) is 35.2 Å². The van der Waals surface area contributed by atoms with E-state index in [0.29, 0.717) is 11.3 Å². The van der Waals surface area contributed by atoms with Crippen molar-refractivity contribution in [3.05, 3.63) is 34.5 Å². The van der Waals surface area contributed by atoms with E-state index in [9.17, 15) is 0 Å². The quantitative estimate of drug-likeness (QED) is 0.841. The average Bonchev–Trinajstić information content (AvgIpc) is 3.14. The molecule has 1 radical (unpaired) electrons. The summed E-state index contributed by atoms with van der Waals surface area (Å²) in [6.07, 6.45) is 8.51. The Hall–Kier alpha value is -0.850. The number of thioether (sulfide) groups is 1. The molecule has 19 heavy (non-hydrogen) atoms. The fraction of sp³-hybridized carbons (Fsp3) is 0.385. The molecule has 3 heterocycles. The van der Waals surface area contributed by atoms with Crippen LogP contribution in [0, 0.1) is 12.1 Å². The first kappa shape index (κ1) is 13.1. The topological polar surface area (TPSA) is 29.0 Å². The number of anilines is 1. The summed E-state index contributed by atoms with van der Waals surface area (Å²) >= 11 is 5.22. The summed E-state index contributed by atoms with van der Waals surface area (Å²) in [4.78, 5) is 13.0. The maximum Gasteiger partial charge on any atom is 0.117 e. The van der Waals surface area contributed by atoms with Gasteiger partial charge in [0.15, 0.2) is 0 Å². The van der Waals surface area contributed by atoms with Gasteiger partial charge in [-0.2, -0.15) is 0 Å². The van der Waals surface area contributed by atoms with Gasteiger partial charge in [-0.3, -0.25) is 9.97 Å². The highest BCUT2D eigenvalue weighted by atomic mass is 32.2. The highest BCUT2D eigenvalue weighted by molar-refractivity contribution is 8.09. The number of hydrogen-bond donors (Lipinski definition) is 0. The second kappa shape index (κ2) is 5.64. The van der Waals surface area contributed by atoms with Gasteiger partial charge in [0.2, 0.25) is 0 Å². The molecule has 6 heteroatoms. The Balaban J connectivity index is 1.92. The smallest absolute Gasteiger partial charge is 0.117 e. The first-order valence-corrected chi connectivity index (χ1v) is 8.80. The predicted octanol–water partition coefficient (Wildman–Crippen LogP) is 4.33. The van der Waals surface area contributed by atoms with Crippen LogP contribution in [0.3, 0.4) is 0 Å². The SMILES string of the molecule is CCC(C)C1SC(c2cncs2)=[C]N1c1cncs1. The van der Waals surface area contributed by atoms with Crippen molar-refractivity contribution in [2.24, 2.45) is 5.92 Å². The third-order valence-electron chi connectivity index (χ3n) is 3.16. The van der Waals surface area contributed by atoms with Crippen molar-refractivity contribution in [3.8, 4) is 0 Å². The van der Waals surface area contributed by atoms with Gasteiger partial charge in [0, 0.05) is 6.20 Å². The second-order valence-corrected chi connectivity index (χ2v) is 7.29. The van der Waals surface area contributed by atoms with Crippen molar-refractivity contribution in [2.45, 2.75) is 25.6 Å². The molecule has 0 aliphatic carbocycles.